The molecule has 0 aliphatic carbocycles. The summed E-state index contributed by atoms with van der Waals surface area (Å²) in [7, 11) is 1.37. The Bertz CT molecular complexity index is 1010. The molecule has 2 N–H and O–H groups in total. The molecule has 0 aliphatic heterocycles. The highest BCUT2D eigenvalue weighted by molar-refractivity contribution is 9.10. The zero-order chi connectivity index (χ0) is 20.3. The van der Waals surface area contributed by atoms with Crippen LogP contribution in [0.15, 0.2) is 41.0 Å². The normalized spacial score (nSPS) is 10.6. The van der Waals surface area contributed by atoms with Crippen molar-refractivity contribution in [2.24, 2.45) is 0 Å². The van der Waals surface area contributed by atoms with Gasteiger partial charge in [-0.25, -0.2) is 4.79 Å². The van der Waals surface area contributed by atoms with E-state index in [4.69, 9.17) is 17.0 Å². The van der Waals surface area contributed by atoms with Gasteiger partial charge in [0, 0.05) is 21.6 Å². The molecule has 0 aliphatic rings. The van der Waals surface area contributed by atoms with Gasteiger partial charge in [0.05, 0.1) is 19.2 Å². The quantitative estimate of drug-likeness (QED) is 0.398. The molecule has 0 saturated heterocycles. The first kappa shape index (κ1) is 20.5. The highest BCUT2D eigenvalue weighted by atomic mass is 79.9. The molecule has 0 unspecified atom stereocenters. The van der Waals surface area contributed by atoms with Crippen molar-refractivity contribution in [1.82, 2.24) is 9.78 Å². The highest BCUT2D eigenvalue weighted by Crippen LogP contribution is 2.33. The maximum absolute atomic E-state index is 12.1. The SMILES string of the molecule is COC(=O)c1c(NC(=S)Nc2ccn(Cc3ccc(Br)cc3)n2)sc(C)c1C. The Morgan fingerprint density at radius 1 is 1.25 bits per heavy atom. The molecular formula is C19H19BrN4O2S2. The summed E-state index contributed by atoms with van der Waals surface area (Å²) >= 11 is 10.3. The zero-order valence-electron chi connectivity index (χ0n) is 15.6. The largest absolute Gasteiger partial charge is 0.465 e. The molecule has 146 valence electrons. The highest BCUT2D eigenvalue weighted by Gasteiger charge is 2.20. The molecule has 0 amide bonds. The van der Waals surface area contributed by atoms with Crippen molar-refractivity contribution >= 4 is 61.4 Å². The average molecular weight is 479 g/mol. The molecule has 0 fully saturated rings. The topological polar surface area (TPSA) is 68.2 Å². The van der Waals surface area contributed by atoms with Crippen LogP contribution in [-0.4, -0.2) is 28.0 Å². The lowest BCUT2D eigenvalue weighted by atomic mass is 10.1. The Balaban J connectivity index is 1.66. The predicted molar refractivity (Wildman–Crippen MR) is 120 cm³/mol. The summed E-state index contributed by atoms with van der Waals surface area (Å²) in [5.74, 6) is 0.241. The Hall–Kier alpha value is -2.23. The molecule has 1 aromatic carbocycles. The number of nitrogens with one attached hydrogen (secondary N) is 2. The third-order valence-corrected chi connectivity index (χ3v) is 6.00. The number of nitrogens with zero attached hydrogens (tertiary/aromatic N) is 2. The number of thiocarbonyl (C=S) groups is 1. The third kappa shape index (κ3) is 4.78. The van der Waals surface area contributed by atoms with Crippen LogP contribution in [0, 0.1) is 13.8 Å². The van der Waals surface area contributed by atoms with Gasteiger partial charge in [-0.2, -0.15) is 5.10 Å². The Labute approximate surface area is 181 Å². The standard InChI is InChI=1S/C19H19BrN4O2S2/c1-11-12(2)28-17(16(11)18(25)26-3)22-19(27)21-15-8-9-24(23-15)10-13-4-6-14(20)7-5-13/h4-9H,10H2,1-3H3,(H2,21,22,23,27). The second kappa shape index (κ2) is 8.85. The summed E-state index contributed by atoms with van der Waals surface area (Å²) in [5.41, 5.74) is 2.54. The van der Waals surface area contributed by atoms with Crippen LogP contribution in [0.4, 0.5) is 10.8 Å². The van der Waals surface area contributed by atoms with Gasteiger partial charge in [0.25, 0.3) is 0 Å². The summed E-state index contributed by atoms with van der Waals surface area (Å²) in [6.45, 7) is 4.51. The van der Waals surface area contributed by atoms with E-state index >= 15 is 0 Å². The number of thiophene rings is 1. The van der Waals surface area contributed by atoms with Crippen molar-refractivity contribution in [2.75, 3.05) is 17.7 Å². The molecule has 0 bridgehead atoms. The molecule has 28 heavy (non-hydrogen) atoms. The number of aryl methyl sites for hydroxylation is 1. The zero-order valence-corrected chi connectivity index (χ0v) is 18.8. The van der Waals surface area contributed by atoms with E-state index in [1.54, 1.807) is 0 Å². The van der Waals surface area contributed by atoms with Crippen LogP contribution in [0.5, 0.6) is 0 Å². The van der Waals surface area contributed by atoms with Gasteiger partial charge in [0.2, 0.25) is 0 Å². The number of carbonyl (C=O) groups is 1. The average Bonchev–Trinajstić information content (AvgIpc) is 3.20. The van der Waals surface area contributed by atoms with Crippen molar-refractivity contribution in [2.45, 2.75) is 20.4 Å². The summed E-state index contributed by atoms with van der Waals surface area (Å²) in [6.07, 6.45) is 1.88. The van der Waals surface area contributed by atoms with Gasteiger partial charge in [0.15, 0.2) is 10.9 Å². The Morgan fingerprint density at radius 3 is 2.64 bits per heavy atom. The van der Waals surface area contributed by atoms with Crippen molar-refractivity contribution in [3.8, 4) is 0 Å². The van der Waals surface area contributed by atoms with Gasteiger partial charge in [-0.1, -0.05) is 28.1 Å². The third-order valence-electron chi connectivity index (χ3n) is 4.14. The predicted octanol–water partition coefficient (Wildman–Crippen LogP) is 4.97. The molecule has 9 heteroatoms. The van der Waals surface area contributed by atoms with Gasteiger partial charge in [0.1, 0.15) is 5.00 Å². The van der Waals surface area contributed by atoms with Crippen LogP contribution >= 0.6 is 39.5 Å². The molecule has 6 nitrogen and oxygen atoms in total. The maximum atomic E-state index is 12.1. The fourth-order valence-corrected chi connectivity index (χ4v) is 4.20. The fourth-order valence-electron chi connectivity index (χ4n) is 2.61. The van der Waals surface area contributed by atoms with E-state index in [0.29, 0.717) is 28.0 Å². The minimum atomic E-state index is -0.383. The van der Waals surface area contributed by atoms with Crippen LogP contribution in [0.25, 0.3) is 0 Å². The number of halogens is 1. The summed E-state index contributed by atoms with van der Waals surface area (Å²) in [6, 6.07) is 9.93. The van der Waals surface area contributed by atoms with Gasteiger partial charge in [-0.15, -0.1) is 11.3 Å². The van der Waals surface area contributed by atoms with Gasteiger partial charge in [-0.05, 0) is 49.3 Å². The first-order valence-corrected chi connectivity index (χ1v) is 10.4. The molecule has 0 spiro atoms. The lowest BCUT2D eigenvalue weighted by Gasteiger charge is -2.09. The number of ether oxygens (including phenoxy) is 1. The monoisotopic (exact) mass is 478 g/mol. The van der Waals surface area contributed by atoms with Crippen molar-refractivity contribution in [1.29, 1.82) is 0 Å². The molecule has 0 saturated carbocycles. The van der Waals surface area contributed by atoms with Gasteiger partial charge >= 0.3 is 5.97 Å². The lowest BCUT2D eigenvalue weighted by molar-refractivity contribution is 0.0601. The van der Waals surface area contributed by atoms with Gasteiger partial charge < -0.3 is 15.4 Å². The van der Waals surface area contributed by atoms with Crippen LogP contribution in [0.3, 0.4) is 0 Å². The van der Waals surface area contributed by atoms with Gasteiger partial charge in [-0.3, -0.25) is 4.68 Å². The minimum absolute atomic E-state index is 0.361. The molecule has 3 rings (SSSR count). The fraction of sp³-hybridized carbons (Fsp3) is 0.211. The number of carbonyl (C=O) groups excluding carboxylic acids is 1. The smallest absolute Gasteiger partial charge is 0.341 e. The van der Waals surface area contributed by atoms with E-state index in [-0.39, 0.29) is 5.97 Å². The molecule has 0 radical (unpaired) electrons. The minimum Gasteiger partial charge on any atom is -0.465 e. The van der Waals surface area contributed by atoms with Crippen LogP contribution in [-0.2, 0) is 11.3 Å². The van der Waals surface area contributed by atoms with E-state index in [9.17, 15) is 4.79 Å². The number of benzene rings is 1. The van der Waals surface area contributed by atoms with Crippen LogP contribution < -0.4 is 10.6 Å². The molecular weight excluding hydrogens is 460 g/mol. The van der Waals surface area contributed by atoms with Crippen molar-refractivity contribution in [3.05, 3.63) is 62.6 Å². The molecule has 2 heterocycles. The number of aromatic nitrogens is 2. The number of hydrogen-bond donors (Lipinski definition) is 2. The van der Waals surface area contributed by atoms with Crippen molar-refractivity contribution in [3.63, 3.8) is 0 Å². The molecule has 3 aromatic rings. The van der Waals surface area contributed by atoms with E-state index < -0.39 is 0 Å². The first-order valence-electron chi connectivity index (χ1n) is 8.41. The van der Waals surface area contributed by atoms with E-state index in [1.807, 2.05) is 55.1 Å². The first-order chi connectivity index (χ1) is 13.4. The number of hydrogen-bond acceptors (Lipinski definition) is 5. The second-order valence-corrected chi connectivity index (χ2v) is 8.63. The Morgan fingerprint density at radius 2 is 1.96 bits per heavy atom. The van der Waals surface area contributed by atoms with E-state index in [2.05, 4.69) is 31.7 Å². The summed E-state index contributed by atoms with van der Waals surface area (Å²) in [4.78, 5) is 13.1. The van der Waals surface area contributed by atoms with Crippen molar-refractivity contribution < 1.29 is 9.53 Å². The maximum Gasteiger partial charge on any atom is 0.341 e. The summed E-state index contributed by atoms with van der Waals surface area (Å²) in [5, 5.41) is 11.6. The Kier molecular flexibility index (Phi) is 6.48. The van der Waals surface area contributed by atoms with E-state index in [1.165, 1.54) is 18.4 Å². The number of rotatable bonds is 5. The number of methoxy groups -OCH3 is 1. The summed E-state index contributed by atoms with van der Waals surface area (Å²) < 4.78 is 7.75. The number of anilines is 2. The van der Waals surface area contributed by atoms with Crippen LogP contribution in [0.1, 0.15) is 26.4 Å². The molecule has 2 aromatic heterocycles. The van der Waals surface area contributed by atoms with E-state index in [0.717, 1.165) is 20.5 Å². The molecule has 0 atom stereocenters. The lowest BCUT2D eigenvalue weighted by Crippen LogP contribution is -2.20. The second-order valence-electron chi connectivity index (χ2n) is 6.08. The number of esters is 1. The van der Waals surface area contributed by atoms with Crippen LogP contribution in [0.2, 0.25) is 0 Å².